The molecule has 0 bridgehead atoms. The average Bonchev–Trinajstić information content (AvgIpc) is 2.55. The topological polar surface area (TPSA) is 80.3 Å². The van der Waals surface area contributed by atoms with E-state index in [1.54, 1.807) is 36.5 Å². The van der Waals surface area contributed by atoms with Crippen molar-refractivity contribution in [3.63, 3.8) is 0 Å². The lowest BCUT2D eigenvalue weighted by molar-refractivity contribution is -0.123. The maximum Gasteiger partial charge on any atom is 0.337 e. The van der Waals surface area contributed by atoms with E-state index in [0.717, 1.165) is 11.4 Å². The molecule has 0 unspecified atom stereocenters. The van der Waals surface area contributed by atoms with Crippen LogP contribution in [0.5, 0.6) is 0 Å². The van der Waals surface area contributed by atoms with E-state index in [-0.39, 0.29) is 11.9 Å². The Morgan fingerprint density at radius 1 is 1.00 bits per heavy atom. The molecule has 0 aliphatic carbocycles. The van der Waals surface area contributed by atoms with Crippen LogP contribution < -0.4 is 10.6 Å². The number of carbonyl (C=O) groups excluding carboxylic acids is 2. The highest BCUT2D eigenvalue weighted by molar-refractivity contribution is 5.93. The van der Waals surface area contributed by atoms with Gasteiger partial charge in [-0.1, -0.05) is 20.8 Å². The minimum Gasteiger partial charge on any atom is -0.465 e. The minimum atomic E-state index is -0.472. The Kier molecular flexibility index (Phi) is 5.18. The molecule has 0 aliphatic rings. The van der Waals surface area contributed by atoms with Gasteiger partial charge in [0.15, 0.2) is 0 Å². The van der Waals surface area contributed by atoms with Crippen LogP contribution in [0.15, 0.2) is 42.6 Å². The second-order valence-electron chi connectivity index (χ2n) is 6.33. The van der Waals surface area contributed by atoms with E-state index in [9.17, 15) is 9.59 Å². The predicted molar refractivity (Wildman–Crippen MR) is 93.4 cm³/mol. The number of aromatic nitrogens is 1. The molecule has 6 heteroatoms. The predicted octanol–water partition coefficient (Wildman–Crippen LogP) is 3.60. The summed E-state index contributed by atoms with van der Waals surface area (Å²) >= 11 is 0. The minimum absolute atomic E-state index is 0.0888. The van der Waals surface area contributed by atoms with Crippen molar-refractivity contribution >= 4 is 29.1 Å². The molecular weight excluding hydrogens is 306 g/mol. The number of benzene rings is 1. The zero-order chi connectivity index (χ0) is 17.7. The van der Waals surface area contributed by atoms with E-state index in [4.69, 9.17) is 0 Å². The zero-order valence-electron chi connectivity index (χ0n) is 14.2. The number of nitrogens with one attached hydrogen (secondary N) is 2. The number of pyridine rings is 1. The molecule has 126 valence electrons. The standard InChI is InChI=1S/C18H21N3O3/c1-18(2,3)17(23)21-15-10-9-14(11-19-15)20-13-7-5-12(6-8-13)16(22)24-4/h5-11,20H,1-4H3,(H,19,21,23). The van der Waals surface area contributed by atoms with E-state index in [0.29, 0.717) is 11.4 Å². The molecule has 1 heterocycles. The fraction of sp³-hybridized carbons (Fsp3) is 0.278. The lowest BCUT2D eigenvalue weighted by Crippen LogP contribution is -2.27. The molecule has 0 fully saturated rings. The molecule has 2 rings (SSSR count). The summed E-state index contributed by atoms with van der Waals surface area (Å²) in [5.41, 5.74) is 1.60. The maximum atomic E-state index is 11.9. The third-order valence-corrected chi connectivity index (χ3v) is 3.28. The Hall–Kier alpha value is -2.89. The number of carbonyl (C=O) groups is 2. The summed E-state index contributed by atoms with van der Waals surface area (Å²) in [7, 11) is 1.35. The van der Waals surface area contributed by atoms with E-state index in [1.807, 2.05) is 26.8 Å². The number of hydrogen-bond acceptors (Lipinski definition) is 5. The van der Waals surface area contributed by atoms with Crippen molar-refractivity contribution in [1.29, 1.82) is 0 Å². The summed E-state index contributed by atoms with van der Waals surface area (Å²) in [6, 6.07) is 10.5. The van der Waals surface area contributed by atoms with Gasteiger partial charge in [0.25, 0.3) is 0 Å². The summed E-state index contributed by atoms with van der Waals surface area (Å²) in [5, 5.41) is 5.94. The Balaban J connectivity index is 2.01. The molecule has 1 amide bonds. The van der Waals surface area contributed by atoms with Gasteiger partial charge in [0.1, 0.15) is 5.82 Å². The molecule has 2 N–H and O–H groups in total. The van der Waals surface area contributed by atoms with Gasteiger partial charge in [-0.05, 0) is 36.4 Å². The van der Waals surface area contributed by atoms with Gasteiger partial charge < -0.3 is 15.4 Å². The second-order valence-corrected chi connectivity index (χ2v) is 6.33. The first-order chi connectivity index (χ1) is 11.3. The Morgan fingerprint density at radius 2 is 1.62 bits per heavy atom. The number of ether oxygens (including phenoxy) is 1. The SMILES string of the molecule is COC(=O)c1ccc(Nc2ccc(NC(=O)C(C)(C)C)nc2)cc1. The molecule has 2 aromatic rings. The number of anilines is 3. The van der Waals surface area contributed by atoms with Gasteiger partial charge in [-0.15, -0.1) is 0 Å². The van der Waals surface area contributed by atoms with Crippen molar-refractivity contribution < 1.29 is 14.3 Å². The van der Waals surface area contributed by atoms with Gasteiger partial charge in [0, 0.05) is 11.1 Å². The second kappa shape index (κ2) is 7.12. The van der Waals surface area contributed by atoms with E-state index >= 15 is 0 Å². The van der Waals surface area contributed by atoms with Crippen molar-refractivity contribution in [2.75, 3.05) is 17.7 Å². The summed E-state index contributed by atoms with van der Waals surface area (Å²) in [6.07, 6.45) is 1.63. The molecule has 0 saturated heterocycles. The number of rotatable bonds is 4. The van der Waals surface area contributed by atoms with Crippen LogP contribution in [0.4, 0.5) is 17.2 Å². The molecule has 0 spiro atoms. The lowest BCUT2D eigenvalue weighted by atomic mass is 9.96. The highest BCUT2D eigenvalue weighted by atomic mass is 16.5. The van der Waals surface area contributed by atoms with Crippen LogP contribution in [-0.4, -0.2) is 24.0 Å². The van der Waals surface area contributed by atoms with Gasteiger partial charge in [-0.25, -0.2) is 9.78 Å². The van der Waals surface area contributed by atoms with Crippen LogP contribution in [0.25, 0.3) is 0 Å². The van der Waals surface area contributed by atoms with E-state index in [2.05, 4.69) is 20.4 Å². The highest BCUT2D eigenvalue weighted by Gasteiger charge is 2.21. The Morgan fingerprint density at radius 3 is 2.12 bits per heavy atom. The maximum absolute atomic E-state index is 11.9. The van der Waals surface area contributed by atoms with Gasteiger partial charge in [-0.2, -0.15) is 0 Å². The molecule has 1 aromatic carbocycles. The molecule has 6 nitrogen and oxygen atoms in total. The smallest absolute Gasteiger partial charge is 0.337 e. The van der Waals surface area contributed by atoms with E-state index < -0.39 is 5.41 Å². The van der Waals surface area contributed by atoms with Crippen molar-refractivity contribution in [2.45, 2.75) is 20.8 Å². The van der Waals surface area contributed by atoms with Crippen LogP contribution in [-0.2, 0) is 9.53 Å². The zero-order valence-corrected chi connectivity index (χ0v) is 14.2. The van der Waals surface area contributed by atoms with Crippen LogP contribution in [0.1, 0.15) is 31.1 Å². The molecule has 0 saturated carbocycles. The summed E-state index contributed by atoms with van der Waals surface area (Å²) in [4.78, 5) is 27.5. The van der Waals surface area contributed by atoms with Crippen molar-refractivity contribution in [1.82, 2.24) is 4.98 Å². The monoisotopic (exact) mass is 327 g/mol. The summed E-state index contributed by atoms with van der Waals surface area (Å²) < 4.78 is 4.66. The molecule has 0 radical (unpaired) electrons. The van der Waals surface area contributed by atoms with Gasteiger partial charge >= 0.3 is 5.97 Å². The average molecular weight is 327 g/mol. The molecule has 1 aromatic heterocycles. The van der Waals surface area contributed by atoms with Crippen molar-refractivity contribution in [3.05, 3.63) is 48.2 Å². The summed E-state index contributed by atoms with van der Waals surface area (Å²) in [5.74, 6) is 0.0396. The molecular formula is C18H21N3O3. The van der Waals surface area contributed by atoms with Crippen LogP contribution in [0.2, 0.25) is 0 Å². The third kappa shape index (κ3) is 4.55. The van der Waals surface area contributed by atoms with Crippen molar-refractivity contribution in [3.8, 4) is 0 Å². The normalized spacial score (nSPS) is 10.8. The lowest BCUT2D eigenvalue weighted by Gasteiger charge is -2.17. The first-order valence-corrected chi connectivity index (χ1v) is 7.52. The quantitative estimate of drug-likeness (QED) is 0.839. The van der Waals surface area contributed by atoms with Crippen LogP contribution in [0, 0.1) is 5.41 Å². The largest absolute Gasteiger partial charge is 0.465 e. The fourth-order valence-corrected chi connectivity index (χ4v) is 1.82. The summed E-state index contributed by atoms with van der Waals surface area (Å²) in [6.45, 7) is 5.53. The first kappa shape index (κ1) is 17.5. The van der Waals surface area contributed by atoms with Gasteiger partial charge in [-0.3, -0.25) is 4.79 Å². The van der Waals surface area contributed by atoms with Gasteiger partial charge in [0.2, 0.25) is 5.91 Å². The Bertz CT molecular complexity index is 717. The molecule has 24 heavy (non-hydrogen) atoms. The van der Waals surface area contributed by atoms with Crippen LogP contribution >= 0.6 is 0 Å². The van der Waals surface area contributed by atoms with Crippen molar-refractivity contribution in [2.24, 2.45) is 5.41 Å². The fourth-order valence-electron chi connectivity index (χ4n) is 1.82. The first-order valence-electron chi connectivity index (χ1n) is 7.52. The molecule has 0 aliphatic heterocycles. The number of esters is 1. The highest BCUT2D eigenvalue weighted by Crippen LogP contribution is 2.20. The number of amides is 1. The van der Waals surface area contributed by atoms with Gasteiger partial charge in [0.05, 0.1) is 24.6 Å². The number of methoxy groups -OCH3 is 1. The third-order valence-electron chi connectivity index (χ3n) is 3.28. The Labute approximate surface area is 141 Å². The number of nitrogens with zero attached hydrogens (tertiary/aromatic N) is 1. The van der Waals surface area contributed by atoms with E-state index in [1.165, 1.54) is 7.11 Å². The van der Waals surface area contributed by atoms with Crippen LogP contribution in [0.3, 0.4) is 0 Å². The molecule has 0 atom stereocenters. The number of hydrogen-bond donors (Lipinski definition) is 2.